The van der Waals surface area contributed by atoms with Gasteiger partial charge < -0.3 is 15.3 Å². The van der Waals surface area contributed by atoms with Crippen LogP contribution in [0.25, 0.3) is 32.5 Å². The van der Waals surface area contributed by atoms with E-state index in [9.17, 15) is 4.79 Å². The van der Waals surface area contributed by atoms with Gasteiger partial charge in [0.05, 0.1) is 21.9 Å². The molecule has 0 unspecified atom stereocenters. The number of aromatic amines is 1. The Hall–Kier alpha value is -3.10. The topological polar surface area (TPSA) is 144 Å². The van der Waals surface area contributed by atoms with E-state index in [4.69, 9.17) is 23.5 Å². The molecule has 4 heterocycles. The van der Waals surface area contributed by atoms with Crippen LogP contribution in [0.15, 0.2) is 30.5 Å². The van der Waals surface area contributed by atoms with Crippen LogP contribution in [0.4, 0.5) is 5.82 Å². The Morgan fingerprint density at radius 2 is 2.00 bits per heavy atom. The first-order valence-electron chi connectivity index (χ1n) is 11.9. The molecule has 3 N–H and O–H groups in total. The molecule has 3 aromatic heterocycles. The summed E-state index contributed by atoms with van der Waals surface area (Å²) in [6.07, 6.45) is 2.79. The summed E-state index contributed by atoms with van der Waals surface area (Å²) in [5.74, 6) is 1.29. The summed E-state index contributed by atoms with van der Waals surface area (Å²) in [5.41, 5.74) is 2.80. The predicted molar refractivity (Wildman–Crippen MR) is 144 cm³/mol. The van der Waals surface area contributed by atoms with Crippen LogP contribution in [0.3, 0.4) is 0 Å². The van der Waals surface area contributed by atoms with Gasteiger partial charge in [0.1, 0.15) is 12.4 Å². The van der Waals surface area contributed by atoms with E-state index in [0.29, 0.717) is 25.2 Å². The van der Waals surface area contributed by atoms with Crippen molar-refractivity contribution in [2.75, 3.05) is 51.7 Å². The van der Waals surface area contributed by atoms with E-state index in [-0.39, 0.29) is 5.78 Å². The van der Waals surface area contributed by atoms with Crippen LogP contribution in [0, 0.1) is 0 Å². The summed E-state index contributed by atoms with van der Waals surface area (Å²) in [6, 6.07) is 8.16. The number of ketones is 1. The molecule has 1 fully saturated rings. The van der Waals surface area contributed by atoms with Gasteiger partial charge >= 0.3 is 11.6 Å². The minimum Gasteiger partial charge on any atom is -0.389 e. The van der Waals surface area contributed by atoms with Gasteiger partial charge in [0.25, 0.3) is 0 Å². The number of anilines is 1. The number of aliphatic hydroxyl groups is 1. The van der Waals surface area contributed by atoms with Gasteiger partial charge in [0.15, 0.2) is 11.6 Å². The normalized spacial score (nSPS) is 14.4. The van der Waals surface area contributed by atoms with E-state index in [1.165, 1.54) is 4.88 Å². The van der Waals surface area contributed by atoms with Crippen molar-refractivity contribution in [2.24, 2.45) is 0 Å². The Kier molecular flexibility index (Phi) is 9.41. The van der Waals surface area contributed by atoms with Crippen molar-refractivity contribution >= 4 is 55.6 Å². The highest BCUT2D eigenvalue weighted by Crippen LogP contribution is 2.34. The van der Waals surface area contributed by atoms with Gasteiger partial charge in [0.2, 0.25) is 0 Å². The van der Waals surface area contributed by atoms with Crippen molar-refractivity contribution in [1.82, 2.24) is 30.0 Å². The molecule has 1 aliphatic heterocycles. The summed E-state index contributed by atoms with van der Waals surface area (Å²) in [5, 5.41) is 20.6. The van der Waals surface area contributed by atoms with Crippen molar-refractivity contribution in [2.45, 2.75) is 19.4 Å². The first-order chi connectivity index (χ1) is 18.0. The fourth-order valence-corrected chi connectivity index (χ4v) is 5.36. The first-order valence-corrected chi connectivity index (χ1v) is 13.4. The lowest BCUT2D eigenvalue weighted by molar-refractivity contribution is -0.121. The average Bonchev–Trinajstić information content (AvgIpc) is 3.54. The fourth-order valence-electron chi connectivity index (χ4n) is 4.26. The number of Topliss-reactive ketones (excluding diaryl/α,β-unsaturated/α-hetero) is 1. The molecule has 13 heteroatoms. The summed E-state index contributed by atoms with van der Waals surface area (Å²) in [6.45, 7) is 5.40. The van der Waals surface area contributed by atoms with Crippen LogP contribution in [0.5, 0.6) is 0 Å². The second-order valence-corrected chi connectivity index (χ2v) is 10.1. The molecule has 0 bridgehead atoms. The molecule has 1 aromatic carbocycles. The molecular weight excluding hydrogens is 514 g/mol. The van der Waals surface area contributed by atoms with Gasteiger partial charge in [-0.3, -0.25) is 14.8 Å². The van der Waals surface area contributed by atoms with Crippen LogP contribution in [0.1, 0.15) is 17.7 Å². The molecule has 196 valence electrons. The maximum absolute atomic E-state index is 11.5. The van der Waals surface area contributed by atoms with Gasteiger partial charge in [-0.2, -0.15) is 13.5 Å². The summed E-state index contributed by atoms with van der Waals surface area (Å²) in [4.78, 5) is 27.4. The molecule has 0 aliphatic carbocycles. The Bertz CT molecular complexity index is 1390. The van der Waals surface area contributed by atoms with Crippen molar-refractivity contribution in [3.63, 3.8) is 0 Å². The standard InChI is InChI=1S/C24H29N7O2S.O2S/c1-30-8-10-31(11-9-30)14-17-12-21-22(34-17)24(25-7-3-4-16(33)15-32)28-23(27-21)18-5-2-6-20-19(18)13-26-29-20;1-3-2/h2,5-6,12-13,32H,3-4,7-11,14-15H2,1H3,(H,26,29)(H,25,27,28);. The molecule has 37 heavy (non-hydrogen) atoms. The van der Waals surface area contributed by atoms with Crippen molar-refractivity contribution in [1.29, 1.82) is 0 Å². The van der Waals surface area contributed by atoms with Crippen LogP contribution < -0.4 is 5.32 Å². The van der Waals surface area contributed by atoms with Gasteiger partial charge in [-0.05, 0) is 25.6 Å². The molecule has 0 amide bonds. The molecule has 0 atom stereocenters. The van der Waals surface area contributed by atoms with Crippen molar-refractivity contribution in [3.05, 3.63) is 35.3 Å². The Labute approximate surface area is 221 Å². The number of nitrogens with zero attached hydrogens (tertiary/aromatic N) is 5. The van der Waals surface area contributed by atoms with Crippen molar-refractivity contribution < 1.29 is 18.3 Å². The molecular formula is C24H29N7O4S2. The molecule has 5 rings (SSSR count). The lowest BCUT2D eigenvalue weighted by Crippen LogP contribution is -2.43. The van der Waals surface area contributed by atoms with E-state index in [0.717, 1.165) is 65.2 Å². The molecule has 0 saturated carbocycles. The number of likely N-dealkylation sites (N-methyl/N-ethyl adjacent to an activating group) is 1. The highest BCUT2D eigenvalue weighted by molar-refractivity contribution is 7.51. The Morgan fingerprint density at radius 3 is 2.76 bits per heavy atom. The summed E-state index contributed by atoms with van der Waals surface area (Å²) in [7, 11) is 2.17. The van der Waals surface area contributed by atoms with E-state index < -0.39 is 18.2 Å². The molecule has 1 aliphatic rings. The first kappa shape index (κ1) is 26.9. The quantitative estimate of drug-likeness (QED) is 0.268. The number of rotatable bonds is 9. The number of nitrogens with one attached hydrogen (secondary N) is 2. The van der Waals surface area contributed by atoms with Crippen LogP contribution in [-0.4, -0.2) is 95.7 Å². The highest BCUT2D eigenvalue weighted by Gasteiger charge is 2.18. The minimum absolute atomic E-state index is 0.146. The third-order valence-electron chi connectivity index (χ3n) is 6.22. The zero-order valence-corrected chi connectivity index (χ0v) is 22.1. The smallest absolute Gasteiger partial charge is 0.335 e. The number of hydrogen-bond acceptors (Lipinski definition) is 11. The van der Waals surface area contributed by atoms with E-state index in [1.54, 1.807) is 17.5 Å². The Morgan fingerprint density at radius 1 is 1.22 bits per heavy atom. The number of carbonyl (C=O) groups excluding carboxylic acids is 1. The van der Waals surface area contributed by atoms with Crippen molar-refractivity contribution in [3.8, 4) is 11.4 Å². The number of aromatic nitrogens is 4. The van der Waals surface area contributed by atoms with Crippen LogP contribution in [-0.2, 0) is 22.9 Å². The van der Waals surface area contributed by atoms with E-state index >= 15 is 0 Å². The molecule has 0 spiro atoms. The number of carbonyl (C=O) groups is 1. The fraction of sp³-hybridized carbons (Fsp3) is 0.417. The van der Waals surface area contributed by atoms with Crippen LogP contribution in [0.2, 0.25) is 0 Å². The lowest BCUT2D eigenvalue weighted by Gasteiger charge is -2.31. The summed E-state index contributed by atoms with van der Waals surface area (Å²) >= 11 is 0.978. The number of hydrogen-bond donors (Lipinski definition) is 3. The molecule has 4 aromatic rings. The number of benzene rings is 1. The third-order valence-corrected chi connectivity index (χ3v) is 7.34. The van der Waals surface area contributed by atoms with Gasteiger partial charge in [-0.25, -0.2) is 9.97 Å². The number of piperazine rings is 1. The minimum atomic E-state index is -0.750. The summed E-state index contributed by atoms with van der Waals surface area (Å²) < 4.78 is 17.6. The van der Waals surface area contributed by atoms with Gasteiger partial charge in [-0.15, -0.1) is 11.3 Å². The maximum atomic E-state index is 11.5. The third kappa shape index (κ3) is 6.81. The molecule has 0 radical (unpaired) electrons. The van der Waals surface area contributed by atoms with E-state index in [2.05, 4.69) is 38.4 Å². The predicted octanol–water partition coefficient (Wildman–Crippen LogP) is 2.07. The molecule has 1 saturated heterocycles. The SMILES string of the molecule is CN1CCN(Cc2cc3nc(-c4cccc5[nH]ncc45)nc(NCCCC(=O)CO)c3s2)CC1.O=S=O. The number of aliphatic hydroxyl groups excluding tert-OH is 1. The van der Waals surface area contributed by atoms with Gasteiger partial charge in [0, 0.05) is 61.5 Å². The monoisotopic (exact) mass is 543 g/mol. The zero-order valence-electron chi connectivity index (χ0n) is 20.5. The van der Waals surface area contributed by atoms with Crippen LogP contribution >= 0.6 is 11.3 Å². The average molecular weight is 544 g/mol. The lowest BCUT2D eigenvalue weighted by atomic mass is 10.1. The number of fused-ring (bicyclic) bond motifs is 2. The zero-order chi connectivity index (χ0) is 26.2. The maximum Gasteiger partial charge on any atom is 0.335 e. The number of thiophene rings is 1. The van der Waals surface area contributed by atoms with E-state index in [1.807, 2.05) is 18.2 Å². The molecule has 11 nitrogen and oxygen atoms in total. The second kappa shape index (κ2) is 12.9. The van der Waals surface area contributed by atoms with Gasteiger partial charge in [-0.1, -0.05) is 12.1 Å². The number of H-pyrrole nitrogens is 1. The highest BCUT2D eigenvalue weighted by atomic mass is 32.1. The largest absolute Gasteiger partial charge is 0.389 e. The second-order valence-electron chi connectivity index (χ2n) is 8.83. The Balaban J connectivity index is 0.00000102.